The van der Waals surface area contributed by atoms with Crippen molar-refractivity contribution in [2.45, 2.75) is 0 Å². The lowest BCUT2D eigenvalue weighted by atomic mass is 10.1. The van der Waals surface area contributed by atoms with Gasteiger partial charge in [0.1, 0.15) is 0 Å². The van der Waals surface area contributed by atoms with E-state index in [0.717, 1.165) is 0 Å². The van der Waals surface area contributed by atoms with Crippen LogP contribution in [-0.4, -0.2) is 16.1 Å². The van der Waals surface area contributed by atoms with Crippen molar-refractivity contribution in [3.8, 4) is 17.5 Å². The maximum Gasteiger partial charge on any atom is 0.322 e. The van der Waals surface area contributed by atoms with Gasteiger partial charge in [0.15, 0.2) is 0 Å². The summed E-state index contributed by atoms with van der Waals surface area (Å²) in [5.41, 5.74) is 1.36. The SMILES string of the molecule is N#Cc1ccc(C(=O)Nc2nnc(-c3cc(Cl)cc(Cl)c3)o2)cc1. The van der Waals surface area contributed by atoms with Crippen LogP contribution in [0.4, 0.5) is 6.01 Å². The summed E-state index contributed by atoms with van der Waals surface area (Å²) in [7, 11) is 0. The van der Waals surface area contributed by atoms with Crippen LogP contribution >= 0.6 is 23.2 Å². The molecule has 8 heteroatoms. The third kappa shape index (κ3) is 3.54. The molecule has 2 aromatic carbocycles. The highest BCUT2D eigenvalue weighted by Crippen LogP contribution is 2.27. The van der Waals surface area contributed by atoms with E-state index in [0.29, 0.717) is 26.7 Å². The highest BCUT2D eigenvalue weighted by molar-refractivity contribution is 6.35. The Morgan fingerprint density at radius 3 is 2.38 bits per heavy atom. The minimum absolute atomic E-state index is 0.0598. The molecule has 24 heavy (non-hydrogen) atoms. The zero-order chi connectivity index (χ0) is 17.1. The number of amides is 1. The predicted octanol–water partition coefficient (Wildman–Crippen LogP) is 4.17. The smallest absolute Gasteiger partial charge is 0.322 e. The van der Waals surface area contributed by atoms with Crippen molar-refractivity contribution in [3.63, 3.8) is 0 Å². The van der Waals surface area contributed by atoms with Gasteiger partial charge in [0.05, 0.1) is 11.6 Å². The molecule has 0 saturated heterocycles. The molecule has 0 aliphatic heterocycles. The molecule has 0 spiro atoms. The molecule has 0 saturated carbocycles. The molecule has 1 aromatic heterocycles. The lowest BCUT2D eigenvalue weighted by Crippen LogP contribution is -2.11. The summed E-state index contributed by atoms with van der Waals surface area (Å²) < 4.78 is 5.39. The minimum atomic E-state index is -0.432. The number of nitrogens with one attached hydrogen (secondary N) is 1. The van der Waals surface area contributed by atoms with Crippen LogP contribution in [-0.2, 0) is 0 Å². The van der Waals surface area contributed by atoms with E-state index in [4.69, 9.17) is 32.9 Å². The Kier molecular flexibility index (Phi) is 4.47. The van der Waals surface area contributed by atoms with Crippen molar-refractivity contribution in [2.24, 2.45) is 0 Å². The Morgan fingerprint density at radius 1 is 1.08 bits per heavy atom. The number of anilines is 1. The monoisotopic (exact) mass is 358 g/mol. The van der Waals surface area contributed by atoms with Gasteiger partial charge in [-0.05, 0) is 42.5 Å². The van der Waals surface area contributed by atoms with Crippen LogP contribution in [0, 0.1) is 11.3 Å². The van der Waals surface area contributed by atoms with Gasteiger partial charge in [0.2, 0.25) is 5.89 Å². The van der Waals surface area contributed by atoms with Crippen LogP contribution in [0.15, 0.2) is 46.9 Å². The molecule has 1 N–H and O–H groups in total. The van der Waals surface area contributed by atoms with Crippen molar-refractivity contribution in [1.29, 1.82) is 5.26 Å². The third-order valence-corrected chi connectivity index (χ3v) is 3.47. The Morgan fingerprint density at radius 2 is 1.75 bits per heavy atom. The second-order valence-electron chi connectivity index (χ2n) is 4.71. The van der Waals surface area contributed by atoms with Crippen LogP contribution in [0.1, 0.15) is 15.9 Å². The van der Waals surface area contributed by atoms with Gasteiger partial charge in [-0.25, -0.2) is 0 Å². The molecule has 0 atom stereocenters. The minimum Gasteiger partial charge on any atom is -0.403 e. The zero-order valence-corrected chi connectivity index (χ0v) is 13.5. The first-order valence-electron chi connectivity index (χ1n) is 6.66. The number of hydrogen-bond acceptors (Lipinski definition) is 5. The van der Waals surface area contributed by atoms with Crippen molar-refractivity contribution in [2.75, 3.05) is 5.32 Å². The first-order chi connectivity index (χ1) is 11.5. The van der Waals surface area contributed by atoms with Gasteiger partial charge in [-0.15, -0.1) is 5.10 Å². The average Bonchev–Trinajstić information content (AvgIpc) is 3.02. The molecule has 6 nitrogen and oxygen atoms in total. The number of hydrogen-bond donors (Lipinski definition) is 1. The fraction of sp³-hybridized carbons (Fsp3) is 0. The summed E-state index contributed by atoms with van der Waals surface area (Å²) in [6.07, 6.45) is 0. The topological polar surface area (TPSA) is 91.8 Å². The number of aromatic nitrogens is 2. The maximum absolute atomic E-state index is 12.1. The van der Waals surface area contributed by atoms with E-state index in [2.05, 4.69) is 15.5 Å². The van der Waals surface area contributed by atoms with Crippen LogP contribution in [0.3, 0.4) is 0 Å². The summed E-state index contributed by atoms with van der Waals surface area (Å²) in [4.78, 5) is 12.1. The number of nitriles is 1. The first kappa shape index (κ1) is 16.0. The number of rotatable bonds is 3. The highest BCUT2D eigenvalue weighted by atomic mass is 35.5. The fourth-order valence-electron chi connectivity index (χ4n) is 1.93. The number of carbonyl (C=O) groups is 1. The Bertz CT molecular complexity index is 925. The molecule has 0 unspecified atom stereocenters. The second kappa shape index (κ2) is 6.71. The number of carbonyl (C=O) groups excluding carboxylic acids is 1. The van der Waals surface area contributed by atoms with Gasteiger partial charge < -0.3 is 4.42 Å². The molecule has 0 aliphatic rings. The highest BCUT2D eigenvalue weighted by Gasteiger charge is 2.13. The van der Waals surface area contributed by atoms with Crippen LogP contribution in [0.5, 0.6) is 0 Å². The van der Waals surface area contributed by atoms with Crippen molar-refractivity contribution < 1.29 is 9.21 Å². The number of nitrogens with zero attached hydrogens (tertiary/aromatic N) is 3. The average molecular weight is 359 g/mol. The Labute approximate surface area is 146 Å². The summed E-state index contributed by atoms with van der Waals surface area (Å²) in [5.74, 6) is -0.256. The second-order valence-corrected chi connectivity index (χ2v) is 5.59. The number of halogens is 2. The quantitative estimate of drug-likeness (QED) is 0.758. The molecule has 0 bridgehead atoms. The lowest BCUT2D eigenvalue weighted by molar-refractivity contribution is 0.102. The van der Waals surface area contributed by atoms with Crippen molar-refractivity contribution in [3.05, 3.63) is 63.6 Å². The summed E-state index contributed by atoms with van der Waals surface area (Å²) >= 11 is 11.9. The molecule has 0 aliphatic carbocycles. The van der Waals surface area contributed by atoms with Gasteiger partial charge >= 0.3 is 6.01 Å². The largest absolute Gasteiger partial charge is 0.403 e. The van der Waals surface area contributed by atoms with Crippen molar-refractivity contribution >= 4 is 35.1 Å². The van der Waals surface area contributed by atoms with E-state index in [-0.39, 0.29) is 11.9 Å². The van der Waals surface area contributed by atoms with Crippen LogP contribution < -0.4 is 5.32 Å². The normalized spacial score (nSPS) is 10.2. The lowest BCUT2D eigenvalue weighted by Gasteiger charge is -2.00. The van der Waals surface area contributed by atoms with Gasteiger partial charge in [0.25, 0.3) is 5.91 Å². The molecule has 0 radical (unpaired) electrons. The number of benzene rings is 2. The van der Waals surface area contributed by atoms with E-state index in [1.807, 2.05) is 6.07 Å². The molecule has 118 valence electrons. The van der Waals surface area contributed by atoms with E-state index >= 15 is 0 Å². The van der Waals surface area contributed by atoms with E-state index in [9.17, 15) is 4.79 Å². The first-order valence-corrected chi connectivity index (χ1v) is 7.42. The van der Waals surface area contributed by atoms with Crippen molar-refractivity contribution in [1.82, 2.24) is 10.2 Å². The zero-order valence-electron chi connectivity index (χ0n) is 12.0. The molecule has 3 rings (SSSR count). The predicted molar refractivity (Wildman–Crippen MR) is 88.9 cm³/mol. The molecular formula is C16H8Cl2N4O2. The molecule has 3 aromatic rings. The molecule has 0 fully saturated rings. The van der Waals surface area contributed by atoms with E-state index < -0.39 is 5.91 Å². The Balaban J connectivity index is 1.78. The summed E-state index contributed by atoms with van der Waals surface area (Å²) in [5, 5.41) is 19.7. The molecular weight excluding hydrogens is 351 g/mol. The fourth-order valence-corrected chi connectivity index (χ4v) is 2.46. The third-order valence-electron chi connectivity index (χ3n) is 3.03. The van der Waals surface area contributed by atoms with Crippen LogP contribution in [0.2, 0.25) is 10.0 Å². The maximum atomic E-state index is 12.1. The Hall–Kier alpha value is -2.88. The van der Waals surface area contributed by atoms with Gasteiger partial charge in [-0.2, -0.15) is 5.26 Å². The summed E-state index contributed by atoms with van der Waals surface area (Å²) in [6, 6.07) is 12.9. The van der Waals surface area contributed by atoms with E-state index in [1.54, 1.807) is 30.3 Å². The standard InChI is InChI=1S/C16H8Cl2N4O2/c17-12-5-11(6-13(18)7-12)15-21-22-16(24-15)20-14(23)10-3-1-9(8-19)2-4-10/h1-7H,(H,20,22,23). The van der Waals surface area contributed by atoms with Gasteiger partial charge in [-0.1, -0.05) is 28.3 Å². The van der Waals surface area contributed by atoms with Crippen LogP contribution in [0.25, 0.3) is 11.5 Å². The molecule has 1 heterocycles. The molecule has 1 amide bonds. The van der Waals surface area contributed by atoms with E-state index in [1.165, 1.54) is 12.1 Å². The van der Waals surface area contributed by atoms with Gasteiger partial charge in [-0.3, -0.25) is 10.1 Å². The summed E-state index contributed by atoms with van der Waals surface area (Å²) in [6.45, 7) is 0. The van der Waals surface area contributed by atoms with Gasteiger partial charge in [0, 0.05) is 21.2 Å².